The number of hydrogen-bond acceptors (Lipinski definition) is 9. The number of carbonyl (C=O) groups excluding carboxylic acids is 2. The molecule has 3 aromatic carbocycles. The van der Waals surface area contributed by atoms with Gasteiger partial charge in [-0.15, -0.1) is 0 Å². The van der Waals surface area contributed by atoms with Crippen LogP contribution in [-0.4, -0.2) is 88.5 Å². The molecule has 2 saturated heterocycles. The molecule has 2 amide bonds. The van der Waals surface area contributed by atoms with E-state index in [9.17, 15) is 9.59 Å². The lowest BCUT2D eigenvalue weighted by atomic mass is 9.92. The van der Waals surface area contributed by atoms with Crippen LogP contribution < -0.4 is 15.4 Å². The van der Waals surface area contributed by atoms with E-state index in [1.165, 1.54) is 7.11 Å². The third kappa shape index (κ3) is 7.20. The van der Waals surface area contributed by atoms with Crippen molar-refractivity contribution in [1.29, 1.82) is 0 Å². The minimum atomic E-state index is -0.676. The highest BCUT2D eigenvalue weighted by Crippen LogP contribution is 2.43. The molecule has 5 N–H and O–H groups in total. The number of benzene rings is 3. The first-order valence-corrected chi connectivity index (χ1v) is 18.5. The number of imidazole rings is 2. The fraction of sp³-hybridized carbons (Fsp3) is 0.450. The molecule has 8 rings (SSSR count). The van der Waals surface area contributed by atoms with Crippen LogP contribution in [0.25, 0.3) is 44.2 Å². The topological polar surface area (TPSA) is 167 Å². The third-order valence-electron chi connectivity index (χ3n) is 10.5. The molecular formula is C40H49N7O6. The first-order valence-electron chi connectivity index (χ1n) is 18.5. The number of carbonyl (C=O) groups is 2. The summed E-state index contributed by atoms with van der Waals surface area (Å²) in [4.78, 5) is 44.2. The minimum Gasteiger partial charge on any atom is -0.488 e. The molecule has 0 radical (unpaired) electrons. The summed E-state index contributed by atoms with van der Waals surface area (Å²) in [6.45, 7) is 8.49. The van der Waals surface area contributed by atoms with E-state index < -0.39 is 12.1 Å². The van der Waals surface area contributed by atoms with Gasteiger partial charge in [-0.05, 0) is 84.4 Å². The fourth-order valence-corrected chi connectivity index (χ4v) is 7.86. The molecule has 5 heterocycles. The maximum atomic E-state index is 13.6. The van der Waals surface area contributed by atoms with Crippen LogP contribution in [0.3, 0.4) is 0 Å². The molecule has 2 fully saturated rings. The average Bonchev–Trinajstić information content (AvgIpc) is 3.99. The van der Waals surface area contributed by atoms with Crippen LogP contribution in [0.15, 0.2) is 48.7 Å². The first-order chi connectivity index (χ1) is 25.7. The van der Waals surface area contributed by atoms with Crippen LogP contribution in [0.5, 0.6) is 5.75 Å². The van der Waals surface area contributed by atoms with Crippen molar-refractivity contribution in [3.63, 3.8) is 0 Å². The fourth-order valence-electron chi connectivity index (χ4n) is 7.86. The highest BCUT2D eigenvalue weighted by Gasteiger charge is 2.37. The molecule has 4 atom stereocenters. The quantitative estimate of drug-likeness (QED) is 0.129. The molecule has 4 unspecified atom stereocenters. The third-order valence-corrected chi connectivity index (χ3v) is 10.5. The summed E-state index contributed by atoms with van der Waals surface area (Å²) in [5.41, 5.74) is 7.15. The van der Waals surface area contributed by atoms with Gasteiger partial charge >= 0.3 is 6.09 Å². The Labute approximate surface area is 308 Å². The summed E-state index contributed by atoms with van der Waals surface area (Å²) in [5, 5.41) is 16.1. The number of alkyl carbamates (subject to hydrolysis) is 1. The highest BCUT2D eigenvalue weighted by atomic mass is 16.5. The van der Waals surface area contributed by atoms with Gasteiger partial charge in [0.15, 0.2) is 0 Å². The number of rotatable bonds is 8. The van der Waals surface area contributed by atoms with Crippen molar-refractivity contribution in [1.82, 2.24) is 35.5 Å². The van der Waals surface area contributed by atoms with E-state index in [1.54, 1.807) is 14.0 Å². The van der Waals surface area contributed by atoms with Crippen LogP contribution in [0.4, 0.5) is 4.79 Å². The molecule has 5 aromatic rings. The van der Waals surface area contributed by atoms with Gasteiger partial charge in [-0.2, -0.15) is 0 Å². The second kappa shape index (κ2) is 15.6. The van der Waals surface area contributed by atoms with E-state index in [2.05, 4.69) is 63.1 Å². The zero-order valence-electron chi connectivity index (χ0n) is 31.0. The molecule has 0 aliphatic carbocycles. The lowest BCUT2D eigenvalue weighted by molar-refractivity contribution is -0.135. The van der Waals surface area contributed by atoms with Gasteiger partial charge in [0.25, 0.3) is 0 Å². The number of H-pyrrole nitrogens is 2. The normalized spacial score (nSPS) is 19.8. The Morgan fingerprint density at radius 3 is 2.70 bits per heavy atom. The summed E-state index contributed by atoms with van der Waals surface area (Å²) in [5.74, 6) is 2.82. The SMILES string of the molecule is CCO.COCC1CNC(c2nc3c(ccc4cc5c(cc43)OCc3cc(-c4cnc(C6CCCN6C(=O)C(NC(=O)OC)C(C)C)[nH]4)ccc3-5)[nH]2)C1. The van der Waals surface area contributed by atoms with Crippen molar-refractivity contribution in [3.05, 3.63) is 65.9 Å². The first kappa shape index (κ1) is 36.4. The van der Waals surface area contributed by atoms with Gasteiger partial charge in [-0.1, -0.05) is 32.0 Å². The number of aliphatic hydroxyl groups is 1. The summed E-state index contributed by atoms with van der Waals surface area (Å²) >= 11 is 0. The highest BCUT2D eigenvalue weighted by molar-refractivity contribution is 6.07. The zero-order valence-corrected chi connectivity index (χ0v) is 31.0. The number of fused-ring (bicyclic) bond motifs is 6. The second-order valence-corrected chi connectivity index (χ2v) is 14.4. The molecule has 280 valence electrons. The van der Waals surface area contributed by atoms with Crippen LogP contribution in [0.2, 0.25) is 0 Å². The van der Waals surface area contributed by atoms with E-state index in [0.29, 0.717) is 19.1 Å². The summed E-state index contributed by atoms with van der Waals surface area (Å²) in [7, 11) is 3.05. The summed E-state index contributed by atoms with van der Waals surface area (Å²) < 4.78 is 16.5. The van der Waals surface area contributed by atoms with Crippen LogP contribution in [-0.2, 0) is 20.9 Å². The summed E-state index contributed by atoms with van der Waals surface area (Å²) in [6.07, 6.45) is 3.87. The largest absolute Gasteiger partial charge is 0.488 e. The molecule has 0 spiro atoms. The molecule has 0 saturated carbocycles. The predicted octanol–water partition coefficient (Wildman–Crippen LogP) is 6.01. The van der Waals surface area contributed by atoms with Gasteiger partial charge in [-0.25, -0.2) is 14.8 Å². The lowest BCUT2D eigenvalue weighted by Crippen LogP contribution is -2.51. The van der Waals surface area contributed by atoms with E-state index in [4.69, 9.17) is 29.3 Å². The maximum Gasteiger partial charge on any atom is 0.407 e. The predicted molar refractivity (Wildman–Crippen MR) is 202 cm³/mol. The van der Waals surface area contributed by atoms with Crippen molar-refractivity contribution in [3.8, 4) is 28.1 Å². The van der Waals surface area contributed by atoms with Gasteiger partial charge < -0.3 is 44.8 Å². The number of nitrogens with zero attached hydrogens (tertiary/aromatic N) is 3. The number of likely N-dealkylation sites (tertiary alicyclic amines) is 1. The minimum absolute atomic E-state index is 0.0935. The molecule has 3 aliphatic rings. The number of ether oxygens (including phenoxy) is 3. The number of nitrogens with one attached hydrogen (secondary N) is 4. The van der Waals surface area contributed by atoms with Gasteiger partial charge in [0, 0.05) is 37.8 Å². The Morgan fingerprint density at radius 2 is 1.92 bits per heavy atom. The number of aliphatic hydroxyl groups excluding tert-OH is 1. The van der Waals surface area contributed by atoms with Crippen LogP contribution in [0, 0.1) is 11.8 Å². The van der Waals surface area contributed by atoms with E-state index in [-0.39, 0.29) is 30.5 Å². The average molecular weight is 724 g/mol. The van der Waals surface area contributed by atoms with Crippen molar-refractivity contribution < 1.29 is 28.9 Å². The molecule has 53 heavy (non-hydrogen) atoms. The Bertz CT molecular complexity index is 2110. The Kier molecular flexibility index (Phi) is 10.7. The van der Waals surface area contributed by atoms with Gasteiger partial charge in [0.05, 0.1) is 48.7 Å². The van der Waals surface area contributed by atoms with Gasteiger partial charge in [-0.3, -0.25) is 4.79 Å². The standard InChI is InChI=1S/C38H43N7O5.C2H6O/c1-20(2)33(44-38(47)49-4)37(46)45-11-5-6-31(45)36-40-17-30(42-36)23-7-9-25-24(13-23)19-50-32-15-26-22(14-27(25)32)8-10-28-34(26)43-35(41-28)29-12-21(16-39-29)18-48-3;1-2-3/h7-10,13-15,17,20-21,29,31,33,39H,5-6,11-12,16,18-19H2,1-4H3,(H,40,42)(H,41,43)(H,44,47);3H,2H2,1H3. The second-order valence-electron chi connectivity index (χ2n) is 14.4. The number of amides is 2. The van der Waals surface area contributed by atoms with Crippen molar-refractivity contribution in [2.24, 2.45) is 11.8 Å². The van der Waals surface area contributed by atoms with Crippen LogP contribution in [0.1, 0.15) is 69.3 Å². The van der Waals surface area contributed by atoms with E-state index >= 15 is 0 Å². The molecule has 0 bridgehead atoms. The number of aromatic amines is 2. The number of hydrogen-bond donors (Lipinski definition) is 5. The Morgan fingerprint density at radius 1 is 1.09 bits per heavy atom. The van der Waals surface area contributed by atoms with Gasteiger partial charge in [0.1, 0.15) is 30.0 Å². The van der Waals surface area contributed by atoms with Crippen molar-refractivity contribution in [2.45, 2.75) is 64.8 Å². The Hall–Kier alpha value is -4.98. The molecule has 3 aliphatic heterocycles. The zero-order chi connectivity index (χ0) is 37.2. The lowest BCUT2D eigenvalue weighted by Gasteiger charge is -2.30. The molecule has 13 nitrogen and oxygen atoms in total. The molecular weight excluding hydrogens is 674 g/mol. The molecule has 13 heteroatoms. The molecule has 2 aromatic heterocycles. The summed E-state index contributed by atoms with van der Waals surface area (Å²) in [6, 6.07) is 14.3. The Balaban J connectivity index is 0.00000140. The van der Waals surface area contributed by atoms with Crippen molar-refractivity contribution in [2.75, 3.05) is 40.5 Å². The van der Waals surface area contributed by atoms with Crippen LogP contribution >= 0.6 is 0 Å². The number of methoxy groups -OCH3 is 2. The van der Waals surface area contributed by atoms with E-state index in [0.717, 1.165) is 99.6 Å². The monoisotopic (exact) mass is 723 g/mol. The van der Waals surface area contributed by atoms with Crippen molar-refractivity contribution >= 4 is 33.8 Å². The smallest absolute Gasteiger partial charge is 0.407 e. The van der Waals surface area contributed by atoms with E-state index in [1.807, 2.05) is 24.9 Å². The maximum absolute atomic E-state index is 13.6. The number of aromatic nitrogens is 4. The van der Waals surface area contributed by atoms with Gasteiger partial charge in [0.2, 0.25) is 5.91 Å².